The van der Waals surface area contributed by atoms with Crippen LogP contribution in [0.2, 0.25) is 0 Å². The van der Waals surface area contributed by atoms with Crippen molar-refractivity contribution in [1.29, 1.82) is 0 Å². The second-order valence-corrected chi connectivity index (χ2v) is 13.8. The molecule has 11 rings (SSSR count). The van der Waals surface area contributed by atoms with Gasteiger partial charge in [0.2, 0.25) is 5.95 Å². The van der Waals surface area contributed by atoms with Crippen molar-refractivity contribution < 1.29 is 4.42 Å². The molecular formula is C50H31N3O. The number of hydrogen-bond donors (Lipinski definition) is 0. The van der Waals surface area contributed by atoms with Crippen LogP contribution >= 0.6 is 0 Å². The van der Waals surface area contributed by atoms with E-state index in [1.165, 1.54) is 0 Å². The molecule has 0 unspecified atom stereocenters. The fourth-order valence-corrected chi connectivity index (χ4v) is 8.13. The maximum Gasteiger partial charge on any atom is 0.235 e. The Morgan fingerprint density at radius 3 is 1.85 bits per heavy atom. The number of furan rings is 1. The zero-order valence-electron chi connectivity index (χ0n) is 29.1. The van der Waals surface area contributed by atoms with Gasteiger partial charge in [0.25, 0.3) is 0 Å². The average molecular weight is 690 g/mol. The Morgan fingerprint density at radius 2 is 1.02 bits per heavy atom. The van der Waals surface area contributed by atoms with E-state index >= 15 is 0 Å². The van der Waals surface area contributed by atoms with Crippen molar-refractivity contribution in [2.45, 2.75) is 0 Å². The zero-order chi connectivity index (χ0) is 35.6. The van der Waals surface area contributed by atoms with Crippen LogP contribution in [0.5, 0.6) is 0 Å². The van der Waals surface area contributed by atoms with Crippen molar-refractivity contribution in [3.63, 3.8) is 0 Å². The van der Waals surface area contributed by atoms with E-state index < -0.39 is 0 Å². The summed E-state index contributed by atoms with van der Waals surface area (Å²) in [6.07, 6.45) is 0. The number of rotatable bonds is 5. The molecule has 0 fully saturated rings. The molecule has 0 bridgehead atoms. The van der Waals surface area contributed by atoms with Gasteiger partial charge >= 0.3 is 0 Å². The molecule has 0 saturated heterocycles. The van der Waals surface area contributed by atoms with Crippen LogP contribution in [0.15, 0.2) is 192 Å². The fraction of sp³-hybridized carbons (Fsp3) is 0. The Morgan fingerprint density at radius 1 is 0.389 bits per heavy atom. The average Bonchev–Trinajstić information content (AvgIpc) is 3.80. The van der Waals surface area contributed by atoms with Gasteiger partial charge in [0.05, 0.1) is 22.2 Å². The molecule has 0 atom stereocenters. The quantitative estimate of drug-likeness (QED) is 0.181. The van der Waals surface area contributed by atoms with E-state index in [0.29, 0.717) is 5.95 Å². The Hall–Kier alpha value is -7.30. The van der Waals surface area contributed by atoms with Gasteiger partial charge in [-0.1, -0.05) is 152 Å². The van der Waals surface area contributed by atoms with Gasteiger partial charge in [-0.25, -0.2) is 9.97 Å². The number of fused-ring (bicyclic) bond motifs is 7. The van der Waals surface area contributed by atoms with Crippen molar-refractivity contribution in [2.24, 2.45) is 0 Å². The first kappa shape index (κ1) is 30.3. The third kappa shape index (κ3) is 4.78. The summed E-state index contributed by atoms with van der Waals surface area (Å²) in [7, 11) is 0. The molecule has 3 heterocycles. The van der Waals surface area contributed by atoms with E-state index in [9.17, 15) is 0 Å². The molecule has 0 radical (unpaired) electrons. The van der Waals surface area contributed by atoms with Crippen molar-refractivity contribution in [3.05, 3.63) is 188 Å². The lowest BCUT2D eigenvalue weighted by Crippen LogP contribution is -2.04. The molecule has 0 saturated carbocycles. The van der Waals surface area contributed by atoms with Crippen LogP contribution in [0.1, 0.15) is 0 Å². The summed E-state index contributed by atoms with van der Waals surface area (Å²) in [5.41, 5.74) is 13.4. The van der Waals surface area contributed by atoms with Crippen LogP contribution in [0, 0.1) is 0 Å². The second kappa shape index (κ2) is 12.1. The van der Waals surface area contributed by atoms with Crippen LogP contribution in [-0.2, 0) is 0 Å². The minimum Gasteiger partial charge on any atom is -0.455 e. The first-order valence-electron chi connectivity index (χ1n) is 18.2. The van der Waals surface area contributed by atoms with Gasteiger partial charge in [0, 0.05) is 43.6 Å². The molecule has 4 heteroatoms. The second-order valence-electron chi connectivity index (χ2n) is 13.8. The van der Waals surface area contributed by atoms with Crippen molar-refractivity contribution >= 4 is 54.6 Å². The highest BCUT2D eigenvalue weighted by molar-refractivity contribution is 6.16. The van der Waals surface area contributed by atoms with Gasteiger partial charge in [0.15, 0.2) is 0 Å². The van der Waals surface area contributed by atoms with E-state index in [4.69, 9.17) is 14.4 Å². The van der Waals surface area contributed by atoms with Crippen LogP contribution in [0.3, 0.4) is 0 Å². The molecule has 0 aliphatic rings. The number of nitrogens with zero attached hydrogens (tertiary/aromatic N) is 3. The lowest BCUT2D eigenvalue weighted by Gasteiger charge is -2.15. The highest BCUT2D eigenvalue weighted by Crippen LogP contribution is 2.43. The first-order valence-corrected chi connectivity index (χ1v) is 18.2. The number of benzene rings is 8. The molecule has 4 nitrogen and oxygen atoms in total. The molecule has 11 aromatic rings. The van der Waals surface area contributed by atoms with Crippen molar-refractivity contribution in [1.82, 2.24) is 14.5 Å². The Bertz CT molecular complexity index is 3210. The minimum atomic E-state index is 0.635. The van der Waals surface area contributed by atoms with E-state index in [1.807, 2.05) is 24.3 Å². The molecule has 3 aromatic heterocycles. The third-order valence-electron chi connectivity index (χ3n) is 10.6. The van der Waals surface area contributed by atoms with Crippen molar-refractivity contribution in [2.75, 3.05) is 0 Å². The van der Waals surface area contributed by atoms with Crippen LogP contribution in [-0.4, -0.2) is 14.5 Å². The number of para-hydroxylation sites is 4. The Kier molecular flexibility index (Phi) is 6.82. The largest absolute Gasteiger partial charge is 0.455 e. The molecule has 252 valence electrons. The van der Waals surface area contributed by atoms with Gasteiger partial charge in [-0.05, 0) is 58.7 Å². The van der Waals surface area contributed by atoms with Gasteiger partial charge in [-0.2, -0.15) is 0 Å². The summed E-state index contributed by atoms with van der Waals surface area (Å²) in [6.45, 7) is 0. The summed E-state index contributed by atoms with van der Waals surface area (Å²) in [4.78, 5) is 10.7. The van der Waals surface area contributed by atoms with Gasteiger partial charge in [-0.3, -0.25) is 4.57 Å². The molecule has 0 aliphatic heterocycles. The van der Waals surface area contributed by atoms with E-state index in [0.717, 1.165) is 99.3 Å². The van der Waals surface area contributed by atoms with Crippen molar-refractivity contribution in [3.8, 4) is 50.6 Å². The standard InChI is InChI=1S/C50H31N3O/c1-3-15-32(16-4-1)36-30-42(35-20-13-19-34(29-35)37-24-14-25-40-39-22-9-12-28-46(39)54-49(37)40)48-43(31-36)38-21-8-11-27-45(38)53(48)50-51-44-26-10-7-23-41(44)47(52-50)33-17-5-2-6-18-33/h1-31H. The number of hydrogen-bond acceptors (Lipinski definition) is 3. The highest BCUT2D eigenvalue weighted by atomic mass is 16.3. The highest BCUT2D eigenvalue weighted by Gasteiger charge is 2.22. The third-order valence-corrected chi connectivity index (χ3v) is 10.6. The Balaban J connectivity index is 1.22. The predicted molar refractivity (Wildman–Crippen MR) is 223 cm³/mol. The Labute approximate surface area is 311 Å². The lowest BCUT2D eigenvalue weighted by molar-refractivity contribution is 0.670. The zero-order valence-corrected chi connectivity index (χ0v) is 29.1. The summed E-state index contributed by atoms with van der Waals surface area (Å²) < 4.78 is 8.77. The summed E-state index contributed by atoms with van der Waals surface area (Å²) >= 11 is 0. The molecule has 0 N–H and O–H groups in total. The monoisotopic (exact) mass is 689 g/mol. The van der Waals surface area contributed by atoms with Crippen LogP contribution < -0.4 is 0 Å². The molecule has 0 amide bonds. The molecule has 8 aromatic carbocycles. The number of aromatic nitrogens is 3. The van der Waals surface area contributed by atoms with E-state index in [-0.39, 0.29) is 0 Å². The fourth-order valence-electron chi connectivity index (χ4n) is 8.13. The summed E-state index contributed by atoms with van der Waals surface area (Å²) in [5, 5.41) is 5.55. The van der Waals surface area contributed by atoms with Gasteiger partial charge in [-0.15, -0.1) is 0 Å². The predicted octanol–water partition coefficient (Wildman–Crippen LogP) is 13.3. The van der Waals surface area contributed by atoms with Gasteiger partial charge < -0.3 is 4.42 Å². The molecule has 0 spiro atoms. The maximum absolute atomic E-state index is 6.51. The van der Waals surface area contributed by atoms with E-state index in [2.05, 4.69) is 168 Å². The van der Waals surface area contributed by atoms with Gasteiger partial charge in [0.1, 0.15) is 11.2 Å². The minimum absolute atomic E-state index is 0.635. The molecule has 54 heavy (non-hydrogen) atoms. The topological polar surface area (TPSA) is 43.9 Å². The first-order chi connectivity index (χ1) is 26.8. The van der Waals surface area contributed by atoms with E-state index in [1.54, 1.807) is 0 Å². The SMILES string of the molecule is c1ccc(-c2cc(-c3cccc(-c4cccc5c4oc4ccccc45)c3)c3c(c2)c2ccccc2n3-c2nc(-c3ccccc3)c3ccccc3n2)cc1. The lowest BCUT2D eigenvalue weighted by atomic mass is 9.93. The normalized spacial score (nSPS) is 11.7. The summed E-state index contributed by atoms with van der Waals surface area (Å²) in [6, 6.07) is 66.1. The summed E-state index contributed by atoms with van der Waals surface area (Å²) in [5.74, 6) is 0.635. The molecule has 0 aliphatic carbocycles. The maximum atomic E-state index is 6.51. The van der Waals surface area contributed by atoms with Crippen LogP contribution in [0.4, 0.5) is 0 Å². The smallest absolute Gasteiger partial charge is 0.235 e. The van der Waals surface area contributed by atoms with Crippen LogP contribution in [0.25, 0.3) is 105 Å². The molecular weight excluding hydrogens is 659 g/mol.